The molecule has 0 radical (unpaired) electrons. The van der Waals surface area contributed by atoms with Gasteiger partial charge in [-0.25, -0.2) is 4.68 Å². The number of hydrogen-bond acceptors (Lipinski definition) is 7. The Morgan fingerprint density at radius 3 is 2.85 bits per heavy atom. The Morgan fingerprint density at radius 1 is 1.21 bits per heavy atom. The zero-order chi connectivity index (χ0) is 23.7. The fraction of sp³-hybridized carbons (Fsp3) is 0.320. The minimum Gasteiger partial charge on any atom is -0.493 e. The van der Waals surface area contributed by atoms with Crippen LogP contribution in [0.15, 0.2) is 58.9 Å². The van der Waals surface area contributed by atoms with Crippen LogP contribution >= 0.6 is 23.4 Å². The molecule has 0 saturated carbocycles. The third kappa shape index (κ3) is 4.28. The number of aromatic nitrogens is 3. The minimum atomic E-state index is -0.383. The number of nitrogens with zero attached hydrogens (tertiary/aromatic N) is 3. The van der Waals surface area contributed by atoms with Gasteiger partial charge in [-0.15, -0.1) is 5.10 Å². The molecule has 5 rings (SSSR count). The summed E-state index contributed by atoms with van der Waals surface area (Å²) in [5.74, 6) is 2.71. The van der Waals surface area contributed by atoms with Gasteiger partial charge in [0, 0.05) is 28.5 Å². The summed E-state index contributed by atoms with van der Waals surface area (Å²) in [6.45, 7) is 2.44. The lowest BCUT2D eigenvalue weighted by Crippen LogP contribution is -2.31. The molecule has 3 aromatic rings. The predicted molar refractivity (Wildman–Crippen MR) is 133 cm³/mol. The summed E-state index contributed by atoms with van der Waals surface area (Å²) >= 11 is 7.84. The highest BCUT2D eigenvalue weighted by atomic mass is 35.5. The number of carbonyl (C=O) groups excluding carboxylic acids is 1. The zero-order valence-corrected chi connectivity index (χ0v) is 20.6. The molecule has 0 fully saturated rings. The molecule has 0 amide bonds. The number of fused-ring (bicyclic) bond motifs is 1. The number of ketones is 1. The van der Waals surface area contributed by atoms with E-state index in [2.05, 4.69) is 5.32 Å². The molecule has 1 aliphatic carbocycles. The van der Waals surface area contributed by atoms with Crippen molar-refractivity contribution in [2.45, 2.75) is 43.1 Å². The average Bonchev–Trinajstić information content (AvgIpc) is 3.25. The van der Waals surface area contributed by atoms with Crippen molar-refractivity contribution in [3.63, 3.8) is 0 Å². The number of Topliss-reactive ketones (excluding diaryl/α,β-unsaturated/α-hetero) is 1. The normalized spacial score (nSPS) is 17.1. The number of thioether (sulfide) groups is 1. The van der Waals surface area contributed by atoms with Crippen LogP contribution in [0.25, 0.3) is 0 Å². The van der Waals surface area contributed by atoms with Gasteiger partial charge < -0.3 is 14.8 Å². The first kappa shape index (κ1) is 22.8. The van der Waals surface area contributed by atoms with Crippen molar-refractivity contribution in [3.05, 3.63) is 69.9 Å². The van der Waals surface area contributed by atoms with Crippen molar-refractivity contribution >= 4 is 35.1 Å². The monoisotopic (exact) mass is 496 g/mol. The quantitative estimate of drug-likeness (QED) is 0.423. The molecule has 0 bridgehead atoms. The van der Waals surface area contributed by atoms with Crippen LogP contribution in [0.5, 0.6) is 11.5 Å². The number of anilines is 1. The minimum absolute atomic E-state index is 0.138. The highest BCUT2D eigenvalue weighted by molar-refractivity contribution is 7.98. The maximum Gasteiger partial charge on any atom is 0.227 e. The number of hydrogen-bond donors (Lipinski definition) is 1. The van der Waals surface area contributed by atoms with Gasteiger partial charge in [0.25, 0.3) is 0 Å². The first-order chi connectivity index (χ1) is 16.6. The lowest BCUT2D eigenvalue weighted by molar-refractivity contribution is -0.116. The molecule has 9 heteroatoms. The maximum atomic E-state index is 13.1. The highest BCUT2D eigenvalue weighted by Gasteiger charge is 2.37. The molecule has 1 N–H and O–H groups in total. The molecule has 7 nitrogen and oxygen atoms in total. The third-order valence-corrected chi connectivity index (χ3v) is 7.22. The van der Waals surface area contributed by atoms with Crippen molar-refractivity contribution in [2.75, 3.05) is 19.0 Å². The summed E-state index contributed by atoms with van der Waals surface area (Å²) in [5.41, 5.74) is 3.61. The van der Waals surface area contributed by atoms with Crippen LogP contribution in [0.4, 0.5) is 5.95 Å². The number of carbonyl (C=O) groups is 1. The predicted octanol–water partition coefficient (Wildman–Crippen LogP) is 5.65. The van der Waals surface area contributed by atoms with Crippen molar-refractivity contribution in [1.82, 2.24) is 14.8 Å². The second-order valence-corrected chi connectivity index (χ2v) is 9.43. The Kier molecular flexibility index (Phi) is 6.52. The van der Waals surface area contributed by atoms with E-state index in [0.717, 1.165) is 40.3 Å². The molecule has 2 heterocycles. The van der Waals surface area contributed by atoms with Crippen molar-refractivity contribution < 1.29 is 14.3 Å². The fourth-order valence-electron chi connectivity index (χ4n) is 4.40. The highest BCUT2D eigenvalue weighted by Crippen LogP contribution is 2.42. The second-order valence-electron chi connectivity index (χ2n) is 8.08. The zero-order valence-electron chi connectivity index (χ0n) is 19.0. The fourth-order valence-corrected chi connectivity index (χ4v) is 5.51. The van der Waals surface area contributed by atoms with Crippen molar-refractivity contribution in [2.24, 2.45) is 0 Å². The molecule has 1 aliphatic heterocycles. The first-order valence-electron chi connectivity index (χ1n) is 11.3. The van der Waals surface area contributed by atoms with Crippen LogP contribution < -0.4 is 14.8 Å². The summed E-state index contributed by atoms with van der Waals surface area (Å²) in [6, 6.07) is 13.2. The van der Waals surface area contributed by atoms with E-state index in [9.17, 15) is 4.79 Å². The Morgan fingerprint density at radius 2 is 2.06 bits per heavy atom. The van der Waals surface area contributed by atoms with Gasteiger partial charge >= 0.3 is 0 Å². The van der Waals surface area contributed by atoms with E-state index in [4.69, 9.17) is 31.2 Å². The molecule has 1 aromatic heterocycles. The molecule has 176 valence electrons. The van der Waals surface area contributed by atoms with E-state index in [1.807, 2.05) is 54.1 Å². The largest absolute Gasteiger partial charge is 0.493 e. The van der Waals surface area contributed by atoms with Gasteiger partial charge in [0.1, 0.15) is 6.04 Å². The lowest BCUT2D eigenvalue weighted by atomic mass is 9.85. The van der Waals surface area contributed by atoms with E-state index in [-0.39, 0.29) is 11.8 Å². The number of allylic oxidation sites excluding steroid dienone is 2. The van der Waals surface area contributed by atoms with Crippen LogP contribution in [-0.2, 0) is 10.5 Å². The molecular weight excluding hydrogens is 472 g/mol. The number of benzene rings is 2. The summed E-state index contributed by atoms with van der Waals surface area (Å²) in [6.07, 6.45) is 2.16. The Balaban J connectivity index is 1.54. The smallest absolute Gasteiger partial charge is 0.227 e. The number of halogens is 1. The number of methoxy groups -OCH3 is 1. The molecule has 1 atom stereocenters. The summed E-state index contributed by atoms with van der Waals surface area (Å²) in [4.78, 5) is 17.8. The molecule has 1 unspecified atom stereocenters. The van der Waals surface area contributed by atoms with Crippen LogP contribution in [0.3, 0.4) is 0 Å². The van der Waals surface area contributed by atoms with E-state index in [0.29, 0.717) is 41.4 Å². The van der Waals surface area contributed by atoms with Crippen LogP contribution in [0.1, 0.15) is 43.4 Å². The summed E-state index contributed by atoms with van der Waals surface area (Å²) in [7, 11) is 1.62. The average molecular weight is 497 g/mol. The Bertz CT molecular complexity index is 1270. The Hall–Kier alpha value is -2.97. The summed E-state index contributed by atoms with van der Waals surface area (Å²) < 4.78 is 13.1. The summed E-state index contributed by atoms with van der Waals surface area (Å²) in [5, 5.41) is 9.52. The standard InChI is InChI=1S/C25H25ClN4O3S/c1-3-33-21-13-15(11-12-20(21)32-2)23-22-18(9-6-10-19(22)31)27-24-28-25(29-30(23)24)34-14-16-7-4-5-8-17(16)26/h4-5,7-8,11-13,23H,3,6,9-10,14H2,1-2H3,(H,27,28,29). The van der Waals surface area contributed by atoms with E-state index >= 15 is 0 Å². The SMILES string of the molecule is CCOc1cc(C2C3=C(CCCC3=O)Nc3nc(SCc4ccccc4Cl)nn32)ccc1OC. The first-order valence-corrected chi connectivity index (χ1v) is 12.6. The third-order valence-electron chi connectivity index (χ3n) is 5.97. The van der Waals surface area contributed by atoms with Crippen LogP contribution in [-0.4, -0.2) is 34.3 Å². The van der Waals surface area contributed by atoms with Gasteiger partial charge in [0.15, 0.2) is 17.3 Å². The lowest BCUT2D eigenvalue weighted by Gasteiger charge is -2.32. The van der Waals surface area contributed by atoms with Crippen LogP contribution in [0, 0.1) is 0 Å². The molecule has 2 aromatic carbocycles. The maximum absolute atomic E-state index is 13.1. The number of rotatable bonds is 7. The van der Waals surface area contributed by atoms with Gasteiger partial charge in [0.2, 0.25) is 11.1 Å². The van der Waals surface area contributed by atoms with E-state index in [1.54, 1.807) is 7.11 Å². The van der Waals surface area contributed by atoms with E-state index in [1.165, 1.54) is 11.8 Å². The Labute approximate surface area is 207 Å². The van der Waals surface area contributed by atoms with Gasteiger partial charge in [-0.1, -0.05) is 47.6 Å². The number of ether oxygens (including phenoxy) is 2. The molecule has 2 aliphatic rings. The van der Waals surface area contributed by atoms with Crippen LogP contribution in [0.2, 0.25) is 5.02 Å². The van der Waals surface area contributed by atoms with Gasteiger partial charge in [-0.05, 0) is 49.1 Å². The van der Waals surface area contributed by atoms with Crippen molar-refractivity contribution in [1.29, 1.82) is 0 Å². The molecule has 34 heavy (non-hydrogen) atoms. The van der Waals surface area contributed by atoms with Crippen molar-refractivity contribution in [3.8, 4) is 11.5 Å². The second kappa shape index (κ2) is 9.72. The molecular formula is C25H25ClN4O3S. The van der Waals surface area contributed by atoms with Gasteiger partial charge in [-0.3, -0.25) is 4.79 Å². The topological polar surface area (TPSA) is 78.3 Å². The number of nitrogens with one attached hydrogen (secondary N) is 1. The van der Waals surface area contributed by atoms with E-state index < -0.39 is 0 Å². The van der Waals surface area contributed by atoms with Gasteiger partial charge in [-0.2, -0.15) is 4.98 Å². The molecule has 0 saturated heterocycles. The van der Waals surface area contributed by atoms with Gasteiger partial charge in [0.05, 0.1) is 13.7 Å². The molecule has 0 spiro atoms.